The van der Waals surface area contributed by atoms with Gasteiger partial charge in [-0.25, -0.2) is 4.98 Å². The molecular weight excluding hydrogens is 372 g/mol. The number of pyridine rings is 1. The maximum atomic E-state index is 12.6. The molecule has 0 unspecified atom stereocenters. The fourth-order valence-electron chi connectivity index (χ4n) is 2.54. The average Bonchev–Trinajstić information content (AvgIpc) is 3.12. The molecule has 3 rings (SSSR count). The van der Waals surface area contributed by atoms with E-state index in [4.69, 9.17) is 16.0 Å². The van der Waals surface area contributed by atoms with Crippen LogP contribution in [-0.2, 0) is 16.6 Å². The zero-order valence-electron chi connectivity index (χ0n) is 14.3. The predicted molar refractivity (Wildman–Crippen MR) is 104 cm³/mol. The van der Waals surface area contributed by atoms with Gasteiger partial charge in [-0.1, -0.05) is 11.6 Å². The number of nitrogens with one attached hydrogen (secondary N) is 1. The second kappa shape index (κ2) is 7.85. The third kappa shape index (κ3) is 4.20. The molecule has 0 saturated heterocycles. The highest BCUT2D eigenvalue weighted by molar-refractivity contribution is 7.83. The van der Waals surface area contributed by atoms with Crippen molar-refractivity contribution in [2.24, 2.45) is 0 Å². The number of hydrogen-bond donors (Lipinski definition) is 1. The van der Waals surface area contributed by atoms with Crippen molar-refractivity contribution in [3.8, 4) is 11.5 Å². The van der Waals surface area contributed by atoms with E-state index >= 15 is 0 Å². The number of anilines is 1. The van der Waals surface area contributed by atoms with E-state index in [1.807, 2.05) is 6.07 Å². The number of carbonyl (C=O) groups is 1. The highest BCUT2D eigenvalue weighted by atomic mass is 35.5. The Labute approximate surface area is 158 Å². The predicted octanol–water partition coefficient (Wildman–Crippen LogP) is 4.43. The van der Waals surface area contributed by atoms with E-state index in [0.29, 0.717) is 39.2 Å². The molecule has 0 radical (unpaired) electrons. The highest BCUT2D eigenvalue weighted by Crippen LogP contribution is 2.23. The first-order chi connectivity index (χ1) is 12.4. The van der Waals surface area contributed by atoms with Gasteiger partial charge in [-0.05, 0) is 55.0 Å². The lowest BCUT2D eigenvalue weighted by atomic mass is 10.1. The molecule has 26 heavy (non-hydrogen) atoms. The van der Waals surface area contributed by atoms with Crippen LogP contribution in [-0.4, -0.2) is 21.4 Å². The standard InChI is InChI=1S/C19H17ClN2O3S/c1-12-15(6-8-17(21-12)18-4-3-9-25-18)19(23)22-14-5-7-16(20)13(10-14)11-26(2)24/h3-10H,11H2,1-2H3,(H,22,23)/t26-/m1/s1. The number of halogens is 1. The Bertz CT molecular complexity index is 971. The molecule has 2 aromatic heterocycles. The van der Waals surface area contributed by atoms with Gasteiger partial charge in [-0.15, -0.1) is 0 Å². The summed E-state index contributed by atoms with van der Waals surface area (Å²) in [5, 5.41) is 3.36. The quantitative estimate of drug-likeness (QED) is 0.701. The SMILES string of the molecule is Cc1nc(-c2ccco2)ccc1C(=O)Nc1ccc(Cl)c(C[S@@](C)=O)c1. The zero-order chi connectivity index (χ0) is 18.7. The second-order valence-corrected chi connectivity index (χ2v) is 7.63. The van der Waals surface area contributed by atoms with Crippen LogP contribution in [0.15, 0.2) is 53.1 Å². The summed E-state index contributed by atoms with van der Waals surface area (Å²) in [6, 6.07) is 12.2. The van der Waals surface area contributed by atoms with Crippen LogP contribution in [0.1, 0.15) is 21.6 Å². The molecule has 0 saturated carbocycles. The molecule has 3 aromatic rings. The Kier molecular flexibility index (Phi) is 5.54. The normalized spacial score (nSPS) is 12.0. The lowest BCUT2D eigenvalue weighted by molar-refractivity contribution is 0.102. The number of aromatic nitrogens is 1. The fraction of sp³-hybridized carbons (Fsp3) is 0.158. The smallest absolute Gasteiger partial charge is 0.257 e. The van der Waals surface area contributed by atoms with E-state index in [-0.39, 0.29) is 5.91 Å². The van der Waals surface area contributed by atoms with Crippen molar-refractivity contribution in [3.05, 3.63) is 70.6 Å². The summed E-state index contributed by atoms with van der Waals surface area (Å²) < 4.78 is 16.8. The molecule has 0 bridgehead atoms. The molecule has 134 valence electrons. The molecule has 7 heteroatoms. The van der Waals surface area contributed by atoms with E-state index in [1.165, 1.54) is 0 Å². The first kappa shape index (κ1) is 18.4. The van der Waals surface area contributed by atoms with Gasteiger partial charge in [0.05, 0.1) is 17.5 Å². The monoisotopic (exact) mass is 388 g/mol. The third-order valence-corrected chi connectivity index (χ3v) is 4.85. The number of benzene rings is 1. The summed E-state index contributed by atoms with van der Waals surface area (Å²) >= 11 is 6.12. The van der Waals surface area contributed by atoms with Gasteiger partial charge >= 0.3 is 0 Å². The van der Waals surface area contributed by atoms with Gasteiger partial charge in [0.25, 0.3) is 5.91 Å². The van der Waals surface area contributed by atoms with E-state index < -0.39 is 10.8 Å². The summed E-state index contributed by atoms with van der Waals surface area (Å²) in [5.74, 6) is 0.711. The van der Waals surface area contributed by atoms with Gasteiger partial charge in [-0.2, -0.15) is 0 Å². The number of rotatable bonds is 5. The van der Waals surface area contributed by atoms with Crippen LogP contribution in [0.3, 0.4) is 0 Å². The van der Waals surface area contributed by atoms with Crippen molar-refractivity contribution < 1.29 is 13.4 Å². The molecule has 0 aliphatic heterocycles. The number of hydrogen-bond acceptors (Lipinski definition) is 4. The minimum atomic E-state index is -1.02. The summed E-state index contributed by atoms with van der Waals surface area (Å²) in [7, 11) is -1.02. The molecule has 0 aliphatic carbocycles. The van der Waals surface area contributed by atoms with E-state index in [0.717, 1.165) is 5.56 Å². The van der Waals surface area contributed by atoms with Gasteiger partial charge in [-0.3, -0.25) is 9.00 Å². The van der Waals surface area contributed by atoms with Gasteiger partial charge in [0, 0.05) is 33.5 Å². The van der Waals surface area contributed by atoms with Gasteiger partial charge in [0.15, 0.2) is 5.76 Å². The van der Waals surface area contributed by atoms with Crippen LogP contribution in [0.5, 0.6) is 0 Å². The fourth-order valence-corrected chi connectivity index (χ4v) is 3.48. The topological polar surface area (TPSA) is 72.2 Å². The Morgan fingerprint density at radius 3 is 2.73 bits per heavy atom. The molecule has 0 aliphatic rings. The Morgan fingerprint density at radius 2 is 2.08 bits per heavy atom. The molecular formula is C19H17ClN2O3S. The number of carbonyl (C=O) groups excluding carboxylic acids is 1. The first-order valence-electron chi connectivity index (χ1n) is 7.85. The lowest BCUT2D eigenvalue weighted by Crippen LogP contribution is -2.14. The van der Waals surface area contributed by atoms with Gasteiger partial charge in [0.1, 0.15) is 5.69 Å². The lowest BCUT2D eigenvalue weighted by Gasteiger charge is -2.10. The summed E-state index contributed by atoms with van der Waals surface area (Å²) in [5.41, 5.74) is 3.06. The van der Waals surface area contributed by atoms with Crippen molar-refractivity contribution >= 4 is 34.0 Å². The second-order valence-electron chi connectivity index (χ2n) is 5.78. The molecule has 0 spiro atoms. The summed E-state index contributed by atoms with van der Waals surface area (Å²) in [4.78, 5) is 17.0. The zero-order valence-corrected chi connectivity index (χ0v) is 15.9. The van der Waals surface area contributed by atoms with Gasteiger partial charge < -0.3 is 9.73 Å². The molecule has 1 atom stereocenters. The Morgan fingerprint density at radius 1 is 1.27 bits per heavy atom. The maximum absolute atomic E-state index is 12.6. The Hall–Kier alpha value is -2.44. The molecule has 1 N–H and O–H groups in total. The maximum Gasteiger partial charge on any atom is 0.257 e. The molecule has 1 aromatic carbocycles. The highest BCUT2D eigenvalue weighted by Gasteiger charge is 2.13. The summed E-state index contributed by atoms with van der Waals surface area (Å²) in [6.07, 6.45) is 3.19. The number of amides is 1. The van der Waals surface area contributed by atoms with E-state index in [1.54, 1.807) is 55.8 Å². The van der Waals surface area contributed by atoms with Crippen molar-refractivity contribution in [1.29, 1.82) is 0 Å². The number of furan rings is 1. The molecule has 1 amide bonds. The molecule has 2 heterocycles. The number of aryl methyl sites for hydroxylation is 1. The molecule has 0 fully saturated rings. The first-order valence-corrected chi connectivity index (χ1v) is 9.96. The van der Waals surface area contributed by atoms with Crippen LogP contribution >= 0.6 is 11.6 Å². The van der Waals surface area contributed by atoms with Crippen molar-refractivity contribution in [2.75, 3.05) is 11.6 Å². The minimum Gasteiger partial charge on any atom is -0.463 e. The van der Waals surface area contributed by atoms with Crippen LogP contribution in [0.4, 0.5) is 5.69 Å². The average molecular weight is 389 g/mol. The third-order valence-electron chi connectivity index (χ3n) is 3.77. The minimum absolute atomic E-state index is 0.271. The van der Waals surface area contributed by atoms with Crippen LogP contribution in [0.2, 0.25) is 5.02 Å². The van der Waals surface area contributed by atoms with Crippen LogP contribution < -0.4 is 5.32 Å². The van der Waals surface area contributed by atoms with Gasteiger partial charge in [0.2, 0.25) is 0 Å². The Balaban J connectivity index is 1.81. The van der Waals surface area contributed by atoms with Crippen LogP contribution in [0, 0.1) is 6.92 Å². The van der Waals surface area contributed by atoms with Crippen molar-refractivity contribution in [1.82, 2.24) is 4.98 Å². The largest absolute Gasteiger partial charge is 0.463 e. The number of nitrogens with zero attached hydrogens (tertiary/aromatic N) is 1. The van der Waals surface area contributed by atoms with E-state index in [2.05, 4.69) is 10.3 Å². The summed E-state index contributed by atoms with van der Waals surface area (Å²) in [6.45, 7) is 1.77. The van der Waals surface area contributed by atoms with Crippen molar-refractivity contribution in [3.63, 3.8) is 0 Å². The van der Waals surface area contributed by atoms with E-state index in [9.17, 15) is 9.00 Å². The van der Waals surface area contributed by atoms with Crippen LogP contribution in [0.25, 0.3) is 11.5 Å². The molecule has 5 nitrogen and oxygen atoms in total. The van der Waals surface area contributed by atoms with Crippen molar-refractivity contribution in [2.45, 2.75) is 12.7 Å².